The topological polar surface area (TPSA) is 50.8 Å². The number of piperazine rings is 1. The SMILES string of the molecule is COc1ccc(CC(=O)N2CCNCC2c2ccccc2OC)cc1F. The fourth-order valence-electron chi connectivity index (χ4n) is 3.32. The number of rotatable bonds is 5. The number of carbonyl (C=O) groups excluding carboxylic acids is 1. The van der Waals surface area contributed by atoms with E-state index in [1.165, 1.54) is 13.2 Å². The summed E-state index contributed by atoms with van der Waals surface area (Å²) < 4.78 is 24.3. The first-order valence-electron chi connectivity index (χ1n) is 8.59. The maximum absolute atomic E-state index is 13.9. The van der Waals surface area contributed by atoms with Crippen molar-refractivity contribution in [1.29, 1.82) is 0 Å². The van der Waals surface area contributed by atoms with Crippen molar-refractivity contribution in [2.45, 2.75) is 12.5 Å². The maximum atomic E-state index is 13.9. The van der Waals surface area contributed by atoms with Crippen LogP contribution in [0.2, 0.25) is 0 Å². The minimum atomic E-state index is -0.459. The van der Waals surface area contributed by atoms with Crippen LogP contribution in [0.4, 0.5) is 4.39 Å². The van der Waals surface area contributed by atoms with Gasteiger partial charge in [0.25, 0.3) is 0 Å². The Morgan fingerprint density at radius 2 is 1.96 bits per heavy atom. The lowest BCUT2D eigenvalue weighted by atomic mass is 10.0. The molecule has 2 aromatic carbocycles. The van der Waals surface area contributed by atoms with Crippen LogP contribution in [0.25, 0.3) is 0 Å². The number of ether oxygens (including phenoxy) is 2. The fraction of sp³-hybridized carbons (Fsp3) is 0.350. The van der Waals surface area contributed by atoms with E-state index in [0.29, 0.717) is 18.7 Å². The molecular formula is C20H23FN2O3. The minimum absolute atomic E-state index is 0.0352. The van der Waals surface area contributed by atoms with Gasteiger partial charge in [-0.1, -0.05) is 24.3 Å². The molecule has 1 fully saturated rings. The summed E-state index contributed by atoms with van der Waals surface area (Å²) in [5, 5.41) is 3.33. The number of amides is 1. The van der Waals surface area contributed by atoms with Crippen molar-refractivity contribution in [1.82, 2.24) is 10.2 Å². The molecule has 1 aliphatic heterocycles. The molecule has 5 nitrogen and oxygen atoms in total. The van der Waals surface area contributed by atoms with Crippen molar-refractivity contribution in [3.8, 4) is 11.5 Å². The van der Waals surface area contributed by atoms with Gasteiger partial charge in [-0.05, 0) is 23.8 Å². The first-order valence-corrected chi connectivity index (χ1v) is 8.59. The van der Waals surface area contributed by atoms with E-state index in [-0.39, 0.29) is 24.1 Å². The molecule has 26 heavy (non-hydrogen) atoms. The third-order valence-electron chi connectivity index (χ3n) is 4.63. The zero-order chi connectivity index (χ0) is 18.5. The molecule has 1 saturated heterocycles. The highest BCUT2D eigenvalue weighted by Crippen LogP contribution is 2.30. The van der Waals surface area contributed by atoms with Gasteiger partial charge in [-0.15, -0.1) is 0 Å². The van der Waals surface area contributed by atoms with E-state index in [4.69, 9.17) is 9.47 Å². The lowest BCUT2D eigenvalue weighted by molar-refractivity contribution is -0.133. The van der Waals surface area contributed by atoms with Crippen molar-refractivity contribution in [2.75, 3.05) is 33.9 Å². The molecule has 0 saturated carbocycles. The number of hydrogen-bond donors (Lipinski definition) is 1. The number of hydrogen-bond acceptors (Lipinski definition) is 4. The smallest absolute Gasteiger partial charge is 0.227 e. The Morgan fingerprint density at radius 1 is 1.19 bits per heavy atom. The number of nitrogens with one attached hydrogen (secondary N) is 1. The number of halogens is 1. The molecule has 1 aliphatic rings. The van der Waals surface area contributed by atoms with E-state index in [2.05, 4.69) is 5.32 Å². The summed E-state index contributed by atoms with van der Waals surface area (Å²) in [7, 11) is 3.04. The van der Waals surface area contributed by atoms with Crippen LogP contribution >= 0.6 is 0 Å². The van der Waals surface area contributed by atoms with E-state index < -0.39 is 5.82 Å². The third kappa shape index (κ3) is 3.80. The minimum Gasteiger partial charge on any atom is -0.496 e. The molecule has 6 heteroatoms. The highest BCUT2D eigenvalue weighted by Gasteiger charge is 2.29. The van der Waals surface area contributed by atoms with Crippen LogP contribution in [-0.4, -0.2) is 44.7 Å². The molecule has 1 N–H and O–H groups in total. The Bertz CT molecular complexity index is 781. The molecular weight excluding hydrogens is 335 g/mol. The van der Waals surface area contributed by atoms with E-state index in [0.717, 1.165) is 17.9 Å². The lowest BCUT2D eigenvalue weighted by Gasteiger charge is -2.37. The summed E-state index contributed by atoms with van der Waals surface area (Å²) in [5.41, 5.74) is 1.60. The van der Waals surface area contributed by atoms with Crippen molar-refractivity contribution >= 4 is 5.91 Å². The standard InChI is InChI=1S/C20H23FN2O3/c1-25-18-6-4-3-5-15(18)17-13-22-9-10-23(17)20(24)12-14-7-8-19(26-2)16(21)11-14/h3-8,11,17,22H,9-10,12-13H2,1-2H3. The van der Waals surface area contributed by atoms with Crippen LogP contribution in [-0.2, 0) is 11.2 Å². The molecule has 0 radical (unpaired) electrons. The number of methoxy groups -OCH3 is 2. The average molecular weight is 358 g/mol. The van der Waals surface area contributed by atoms with E-state index in [1.807, 2.05) is 29.2 Å². The Hall–Kier alpha value is -2.60. The normalized spacial score (nSPS) is 17.0. The first kappa shape index (κ1) is 18.2. The second-order valence-corrected chi connectivity index (χ2v) is 6.19. The van der Waals surface area contributed by atoms with E-state index in [1.54, 1.807) is 19.2 Å². The van der Waals surface area contributed by atoms with Crippen LogP contribution < -0.4 is 14.8 Å². The average Bonchev–Trinajstić information content (AvgIpc) is 2.68. The fourth-order valence-corrected chi connectivity index (χ4v) is 3.32. The summed E-state index contributed by atoms with van der Waals surface area (Å²) in [6.45, 7) is 1.98. The van der Waals surface area contributed by atoms with Crippen LogP contribution in [0.5, 0.6) is 11.5 Å². The molecule has 1 unspecified atom stereocenters. The number of para-hydroxylation sites is 1. The quantitative estimate of drug-likeness (QED) is 0.893. The summed E-state index contributed by atoms with van der Waals surface area (Å²) in [5.74, 6) is 0.441. The van der Waals surface area contributed by atoms with Gasteiger partial charge in [0.05, 0.1) is 26.7 Å². The summed E-state index contributed by atoms with van der Waals surface area (Å²) >= 11 is 0. The van der Waals surface area contributed by atoms with Crippen LogP contribution in [0.3, 0.4) is 0 Å². The number of carbonyl (C=O) groups is 1. The molecule has 1 amide bonds. The Labute approximate surface area is 152 Å². The predicted octanol–water partition coefficient (Wildman–Crippen LogP) is 2.56. The van der Waals surface area contributed by atoms with Gasteiger partial charge in [0, 0.05) is 25.2 Å². The number of nitrogens with zero attached hydrogens (tertiary/aromatic N) is 1. The Balaban J connectivity index is 1.81. The summed E-state index contributed by atoms with van der Waals surface area (Å²) in [4.78, 5) is 14.8. The Morgan fingerprint density at radius 3 is 2.69 bits per heavy atom. The van der Waals surface area contributed by atoms with Gasteiger partial charge < -0.3 is 19.7 Å². The molecule has 0 aliphatic carbocycles. The van der Waals surface area contributed by atoms with Crippen molar-refractivity contribution in [2.24, 2.45) is 0 Å². The van der Waals surface area contributed by atoms with Crippen molar-refractivity contribution in [3.05, 3.63) is 59.4 Å². The molecule has 0 spiro atoms. The molecule has 3 rings (SSSR count). The zero-order valence-corrected chi connectivity index (χ0v) is 15.0. The van der Waals surface area contributed by atoms with Gasteiger partial charge in [0.2, 0.25) is 5.91 Å². The zero-order valence-electron chi connectivity index (χ0n) is 15.0. The second-order valence-electron chi connectivity index (χ2n) is 6.19. The monoisotopic (exact) mass is 358 g/mol. The predicted molar refractivity (Wildman–Crippen MR) is 97.0 cm³/mol. The van der Waals surface area contributed by atoms with E-state index >= 15 is 0 Å². The largest absolute Gasteiger partial charge is 0.496 e. The van der Waals surface area contributed by atoms with E-state index in [9.17, 15) is 9.18 Å². The van der Waals surface area contributed by atoms with Gasteiger partial charge in [-0.3, -0.25) is 4.79 Å². The number of benzene rings is 2. The van der Waals surface area contributed by atoms with Crippen molar-refractivity contribution in [3.63, 3.8) is 0 Å². The highest BCUT2D eigenvalue weighted by atomic mass is 19.1. The van der Waals surface area contributed by atoms with Gasteiger partial charge in [-0.25, -0.2) is 4.39 Å². The van der Waals surface area contributed by atoms with Gasteiger partial charge in [0.15, 0.2) is 11.6 Å². The molecule has 2 aromatic rings. The van der Waals surface area contributed by atoms with Gasteiger partial charge >= 0.3 is 0 Å². The van der Waals surface area contributed by atoms with Gasteiger partial charge in [-0.2, -0.15) is 0 Å². The second kappa shape index (κ2) is 8.19. The third-order valence-corrected chi connectivity index (χ3v) is 4.63. The first-order chi connectivity index (χ1) is 12.6. The lowest BCUT2D eigenvalue weighted by Crippen LogP contribution is -2.49. The molecule has 0 aromatic heterocycles. The van der Waals surface area contributed by atoms with Crippen LogP contribution in [0.15, 0.2) is 42.5 Å². The van der Waals surface area contributed by atoms with Crippen molar-refractivity contribution < 1.29 is 18.7 Å². The maximum Gasteiger partial charge on any atom is 0.227 e. The summed E-state index contributed by atoms with van der Waals surface area (Å²) in [6.07, 6.45) is 0.145. The molecule has 0 bridgehead atoms. The molecule has 1 atom stereocenters. The molecule has 1 heterocycles. The van der Waals surface area contributed by atoms with Gasteiger partial charge in [0.1, 0.15) is 5.75 Å². The summed E-state index contributed by atoms with van der Waals surface area (Å²) in [6, 6.07) is 12.2. The van der Waals surface area contributed by atoms with Crippen LogP contribution in [0.1, 0.15) is 17.2 Å². The van der Waals surface area contributed by atoms with Crippen LogP contribution in [0, 0.1) is 5.82 Å². The highest BCUT2D eigenvalue weighted by molar-refractivity contribution is 5.79. The Kier molecular flexibility index (Phi) is 5.73. The molecule has 138 valence electrons.